The van der Waals surface area contributed by atoms with Crippen LogP contribution in [0.15, 0.2) is 34.3 Å². The van der Waals surface area contributed by atoms with Gasteiger partial charge < -0.3 is 5.73 Å². The highest BCUT2D eigenvalue weighted by Crippen LogP contribution is 2.26. The Morgan fingerprint density at radius 2 is 2.14 bits per heavy atom. The van der Waals surface area contributed by atoms with Gasteiger partial charge in [0.25, 0.3) is 0 Å². The van der Waals surface area contributed by atoms with Gasteiger partial charge in [-0.2, -0.15) is 0 Å². The van der Waals surface area contributed by atoms with E-state index in [1.54, 1.807) is 0 Å². The maximum absolute atomic E-state index is 6.07. The first-order valence-electron chi connectivity index (χ1n) is 4.36. The van der Waals surface area contributed by atoms with Gasteiger partial charge in [-0.1, -0.05) is 45.2 Å². The number of hydrogen-bond donors (Lipinski definition) is 1. The molecule has 14 heavy (non-hydrogen) atoms. The minimum Gasteiger partial charge on any atom is -0.321 e. The highest BCUT2D eigenvalue weighted by Gasteiger charge is 2.07. The fourth-order valence-corrected chi connectivity index (χ4v) is 2.02. The summed E-state index contributed by atoms with van der Waals surface area (Å²) in [7, 11) is 0. The van der Waals surface area contributed by atoms with Crippen LogP contribution in [-0.4, -0.2) is 0 Å². The van der Waals surface area contributed by atoms with Gasteiger partial charge in [0.15, 0.2) is 0 Å². The summed E-state index contributed by atoms with van der Waals surface area (Å²) in [6, 6.07) is 5.62. The maximum Gasteiger partial charge on any atom is 0.0498 e. The molecular formula is C11H13BrClN. The molecule has 0 fully saturated rings. The molecule has 1 aromatic rings. The van der Waals surface area contributed by atoms with Gasteiger partial charge in [-0.25, -0.2) is 0 Å². The summed E-state index contributed by atoms with van der Waals surface area (Å²) < 4.78 is 0.968. The second-order valence-electron chi connectivity index (χ2n) is 3.44. The van der Waals surface area contributed by atoms with Gasteiger partial charge in [0.05, 0.1) is 0 Å². The van der Waals surface area contributed by atoms with Crippen molar-refractivity contribution < 1.29 is 0 Å². The van der Waals surface area contributed by atoms with Crippen LogP contribution in [0, 0.1) is 0 Å². The van der Waals surface area contributed by atoms with E-state index in [2.05, 4.69) is 15.9 Å². The summed E-state index contributed by atoms with van der Waals surface area (Å²) in [5.74, 6) is 0. The van der Waals surface area contributed by atoms with Crippen molar-refractivity contribution in [1.29, 1.82) is 0 Å². The van der Waals surface area contributed by atoms with Crippen molar-refractivity contribution in [2.75, 3.05) is 0 Å². The van der Waals surface area contributed by atoms with Crippen LogP contribution in [-0.2, 0) is 0 Å². The fourth-order valence-electron chi connectivity index (χ4n) is 1.22. The first-order valence-corrected chi connectivity index (χ1v) is 5.53. The average molecular weight is 275 g/mol. The fraction of sp³-hybridized carbons (Fsp3) is 0.273. The topological polar surface area (TPSA) is 26.0 Å². The minimum absolute atomic E-state index is 0.124. The molecule has 1 rings (SSSR count). The summed E-state index contributed by atoms with van der Waals surface area (Å²) in [5, 5.41) is 0.698. The summed E-state index contributed by atoms with van der Waals surface area (Å²) in [5.41, 5.74) is 8.12. The van der Waals surface area contributed by atoms with Crippen LogP contribution in [0.5, 0.6) is 0 Å². The number of benzene rings is 1. The van der Waals surface area contributed by atoms with E-state index in [1.165, 1.54) is 5.57 Å². The smallest absolute Gasteiger partial charge is 0.0498 e. The minimum atomic E-state index is -0.124. The second-order valence-corrected chi connectivity index (χ2v) is 4.76. The van der Waals surface area contributed by atoms with Crippen LogP contribution in [0.2, 0.25) is 5.02 Å². The summed E-state index contributed by atoms with van der Waals surface area (Å²) in [6.45, 7) is 4.04. The predicted molar refractivity (Wildman–Crippen MR) is 65.5 cm³/mol. The molecule has 1 atom stereocenters. The SMILES string of the molecule is CC(C)=CC(N)c1ccc(Br)cc1Cl. The van der Waals surface area contributed by atoms with Crippen LogP contribution in [0.1, 0.15) is 25.5 Å². The quantitative estimate of drug-likeness (QED) is 0.808. The molecule has 0 spiro atoms. The molecule has 0 aliphatic rings. The van der Waals surface area contributed by atoms with Crippen molar-refractivity contribution in [3.63, 3.8) is 0 Å². The molecule has 1 aromatic carbocycles. The van der Waals surface area contributed by atoms with Crippen molar-refractivity contribution >= 4 is 27.5 Å². The zero-order valence-corrected chi connectivity index (χ0v) is 10.6. The van der Waals surface area contributed by atoms with E-state index in [0.29, 0.717) is 5.02 Å². The molecule has 1 nitrogen and oxygen atoms in total. The lowest BCUT2D eigenvalue weighted by Gasteiger charge is -2.10. The first-order chi connectivity index (χ1) is 6.50. The molecule has 0 aromatic heterocycles. The Balaban J connectivity index is 3.02. The van der Waals surface area contributed by atoms with Gasteiger partial charge in [0.1, 0.15) is 0 Å². The standard InChI is InChI=1S/C11H13BrClN/c1-7(2)5-11(14)9-4-3-8(12)6-10(9)13/h3-6,11H,14H2,1-2H3. The molecule has 0 aliphatic heterocycles. The highest BCUT2D eigenvalue weighted by atomic mass is 79.9. The Hall–Kier alpha value is -0.310. The van der Waals surface area contributed by atoms with E-state index in [4.69, 9.17) is 17.3 Å². The van der Waals surface area contributed by atoms with E-state index in [-0.39, 0.29) is 6.04 Å². The Morgan fingerprint density at radius 1 is 1.50 bits per heavy atom. The number of allylic oxidation sites excluding steroid dienone is 1. The Labute approximate surface area is 98.1 Å². The molecule has 2 N–H and O–H groups in total. The molecule has 1 unspecified atom stereocenters. The zero-order chi connectivity index (χ0) is 10.7. The van der Waals surface area contributed by atoms with E-state index < -0.39 is 0 Å². The zero-order valence-electron chi connectivity index (χ0n) is 8.22. The van der Waals surface area contributed by atoms with Crippen LogP contribution < -0.4 is 5.73 Å². The Morgan fingerprint density at radius 3 is 2.64 bits per heavy atom. The van der Waals surface area contributed by atoms with Crippen LogP contribution >= 0.6 is 27.5 Å². The van der Waals surface area contributed by atoms with Crippen LogP contribution in [0.4, 0.5) is 0 Å². The average Bonchev–Trinajstić information content (AvgIpc) is 2.01. The number of nitrogens with two attached hydrogens (primary N) is 1. The molecule has 0 heterocycles. The normalized spacial score (nSPS) is 12.4. The monoisotopic (exact) mass is 273 g/mol. The van der Waals surface area contributed by atoms with Crippen LogP contribution in [0.3, 0.4) is 0 Å². The second kappa shape index (κ2) is 4.96. The number of hydrogen-bond acceptors (Lipinski definition) is 1. The molecule has 0 aliphatic carbocycles. The van der Waals surface area contributed by atoms with Gasteiger partial charge >= 0.3 is 0 Å². The van der Waals surface area contributed by atoms with Crippen molar-refractivity contribution in [3.8, 4) is 0 Å². The third kappa shape index (κ3) is 3.12. The molecule has 0 bridgehead atoms. The number of halogens is 2. The Kier molecular flexibility index (Phi) is 4.17. The van der Waals surface area contributed by atoms with Crippen molar-refractivity contribution in [3.05, 3.63) is 44.9 Å². The maximum atomic E-state index is 6.07. The molecule has 76 valence electrons. The highest BCUT2D eigenvalue weighted by molar-refractivity contribution is 9.10. The third-order valence-electron chi connectivity index (χ3n) is 1.83. The lowest BCUT2D eigenvalue weighted by molar-refractivity contribution is 0.899. The first kappa shape index (κ1) is 11.8. The van der Waals surface area contributed by atoms with Crippen molar-refractivity contribution in [1.82, 2.24) is 0 Å². The van der Waals surface area contributed by atoms with Gasteiger partial charge in [-0.15, -0.1) is 0 Å². The molecular weight excluding hydrogens is 261 g/mol. The van der Waals surface area contributed by atoms with Crippen LogP contribution in [0.25, 0.3) is 0 Å². The summed E-state index contributed by atoms with van der Waals surface area (Å²) in [4.78, 5) is 0. The number of rotatable bonds is 2. The molecule has 0 radical (unpaired) electrons. The van der Waals surface area contributed by atoms with Crippen molar-refractivity contribution in [2.45, 2.75) is 19.9 Å². The van der Waals surface area contributed by atoms with Gasteiger partial charge in [0, 0.05) is 15.5 Å². The van der Waals surface area contributed by atoms with E-state index in [1.807, 2.05) is 38.1 Å². The molecule has 0 amide bonds. The Bertz CT molecular complexity index is 356. The molecule has 0 saturated carbocycles. The lowest BCUT2D eigenvalue weighted by Crippen LogP contribution is -2.08. The van der Waals surface area contributed by atoms with Gasteiger partial charge in [0.2, 0.25) is 0 Å². The van der Waals surface area contributed by atoms with E-state index in [0.717, 1.165) is 10.0 Å². The summed E-state index contributed by atoms with van der Waals surface area (Å²) in [6.07, 6.45) is 2.00. The van der Waals surface area contributed by atoms with Gasteiger partial charge in [-0.3, -0.25) is 0 Å². The molecule has 0 saturated heterocycles. The lowest BCUT2D eigenvalue weighted by atomic mass is 10.1. The third-order valence-corrected chi connectivity index (χ3v) is 2.66. The molecule has 3 heteroatoms. The largest absolute Gasteiger partial charge is 0.321 e. The predicted octanol–water partition coefficient (Wildman–Crippen LogP) is 4.07. The van der Waals surface area contributed by atoms with Gasteiger partial charge in [-0.05, 0) is 31.5 Å². The van der Waals surface area contributed by atoms with Crippen molar-refractivity contribution in [2.24, 2.45) is 5.73 Å². The summed E-state index contributed by atoms with van der Waals surface area (Å²) >= 11 is 9.42. The van der Waals surface area contributed by atoms with E-state index in [9.17, 15) is 0 Å². The van der Waals surface area contributed by atoms with E-state index >= 15 is 0 Å².